The number of morpholine rings is 1. The topological polar surface area (TPSA) is 55.6 Å². The van der Waals surface area contributed by atoms with Crippen LogP contribution in [-0.2, 0) is 9.53 Å². The second-order valence-electron chi connectivity index (χ2n) is 2.64. The number of amides is 1. The Labute approximate surface area is 76.7 Å². The van der Waals surface area contributed by atoms with Crippen LogP contribution in [0.4, 0.5) is 0 Å². The molecule has 5 heteroatoms. The summed E-state index contributed by atoms with van der Waals surface area (Å²) in [7, 11) is 0. The zero-order chi connectivity index (χ0) is 8.97. The van der Waals surface area contributed by atoms with Gasteiger partial charge in [0.2, 0.25) is 5.91 Å². The van der Waals surface area contributed by atoms with E-state index in [0.717, 1.165) is 0 Å². The fraction of sp³-hybridized carbons (Fsp3) is 0.714. The first-order valence-electron chi connectivity index (χ1n) is 3.84. The van der Waals surface area contributed by atoms with E-state index in [4.69, 9.17) is 10.5 Å². The van der Waals surface area contributed by atoms with Crippen LogP contribution in [-0.4, -0.2) is 42.1 Å². The van der Waals surface area contributed by atoms with Crippen LogP contribution in [0.1, 0.15) is 6.42 Å². The minimum Gasteiger partial charge on any atom is -0.393 e. The van der Waals surface area contributed by atoms with Crippen LogP contribution in [0.5, 0.6) is 0 Å². The zero-order valence-corrected chi connectivity index (χ0v) is 7.60. The third-order valence-corrected chi connectivity index (χ3v) is 1.83. The lowest BCUT2D eigenvalue weighted by atomic mass is 10.3. The summed E-state index contributed by atoms with van der Waals surface area (Å²) in [6.07, 6.45) is 0.176. The SMILES string of the molecule is NC(=S)CC(=O)N1CCOCC1. The molecule has 0 aromatic carbocycles. The summed E-state index contributed by atoms with van der Waals surface area (Å²) in [5, 5.41) is 0. The van der Waals surface area contributed by atoms with Gasteiger partial charge in [0.25, 0.3) is 0 Å². The van der Waals surface area contributed by atoms with Gasteiger partial charge >= 0.3 is 0 Å². The van der Waals surface area contributed by atoms with Crippen molar-refractivity contribution in [1.29, 1.82) is 0 Å². The molecule has 1 saturated heterocycles. The average Bonchev–Trinajstić information content (AvgIpc) is 2.05. The minimum absolute atomic E-state index is 0.00537. The van der Waals surface area contributed by atoms with E-state index in [2.05, 4.69) is 12.2 Å². The third-order valence-electron chi connectivity index (χ3n) is 1.69. The molecule has 1 rings (SSSR count). The van der Waals surface area contributed by atoms with Crippen LogP contribution in [0.2, 0.25) is 0 Å². The lowest BCUT2D eigenvalue weighted by Gasteiger charge is -2.26. The molecule has 0 unspecified atom stereocenters. The molecule has 1 heterocycles. The van der Waals surface area contributed by atoms with Crippen molar-refractivity contribution in [1.82, 2.24) is 4.90 Å². The molecular formula is C7H12N2O2S. The molecule has 1 aliphatic rings. The highest BCUT2D eigenvalue weighted by atomic mass is 32.1. The summed E-state index contributed by atoms with van der Waals surface area (Å²) in [6.45, 7) is 2.54. The fourth-order valence-electron chi connectivity index (χ4n) is 1.07. The predicted octanol–water partition coefficient (Wildman–Crippen LogP) is -0.479. The Morgan fingerprint density at radius 1 is 1.50 bits per heavy atom. The van der Waals surface area contributed by atoms with Gasteiger partial charge in [0.15, 0.2) is 0 Å². The number of thiocarbonyl (C=S) groups is 1. The van der Waals surface area contributed by atoms with Gasteiger partial charge in [-0.3, -0.25) is 4.79 Å². The maximum absolute atomic E-state index is 11.3. The molecule has 0 atom stereocenters. The molecule has 2 N–H and O–H groups in total. The Hall–Kier alpha value is -0.680. The molecule has 0 spiro atoms. The summed E-state index contributed by atoms with van der Waals surface area (Å²) in [5.74, 6) is 0.00537. The van der Waals surface area contributed by atoms with Crippen LogP contribution in [0.3, 0.4) is 0 Å². The Kier molecular flexibility index (Phi) is 3.43. The monoisotopic (exact) mass is 188 g/mol. The standard InChI is InChI=1S/C7H12N2O2S/c8-6(12)5-7(10)9-1-3-11-4-2-9/h1-5H2,(H2,8,12). The van der Waals surface area contributed by atoms with Gasteiger partial charge in [-0.2, -0.15) is 0 Å². The zero-order valence-electron chi connectivity index (χ0n) is 6.78. The Bertz CT molecular complexity index is 190. The number of rotatable bonds is 2. The van der Waals surface area contributed by atoms with Gasteiger partial charge in [-0.15, -0.1) is 0 Å². The Morgan fingerprint density at radius 3 is 2.58 bits per heavy atom. The van der Waals surface area contributed by atoms with Gasteiger partial charge in [0, 0.05) is 13.1 Å². The van der Waals surface area contributed by atoms with Crippen molar-refractivity contribution in [3.8, 4) is 0 Å². The molecule has 4 nitrogen and oxygen atoms in total. The van der Waals surface area contributed by atoms with Gasteiger partial charge in [-0.1, -0.05) is 12.2 Å². The summed E-state index contributed by atoms with van der Waals surface area (Å²) < 4.78 is 5.10. The highest BCUT2D eigenvalue weighted by Crippen LogP contribution is 1.99. The number of carbonyl (C=O) groups is 1. The van der Waals surface area contributed by atoms with Crippen LogP contribution < -0.4 is 5.73 Å². The van der Waals surface area contributed by atoms with Crippen molar-refractivity contribution >= 4 is 23.1 Å². The first-order valence-corrected chi connectivity index (χ1v) is 4.25. The van der Waals surface area contributed by atoms with Crippen molar-refractivity contribution in [2.75, 3.05) is 26.3 Å². The van der Waals surface area contributed by atoms with E-state index >= 15 is 0 Å². The van der Waals surface area contributed by atoms with Crippen molar-refractivity contribution in [3.05, 3.63) is 0 Å². The number of hydrogen-bond donors (Lipinski definition) is 1. The number of nitrogens with two attached hydrogens (primary N) is 1. The molecule has 0 aromatic rings. The maximum Gasteiger partial charge on any atom is 0.229 e. The van der Waals surface area contributed by atoms with E-state index in [-0.39, 0.29) is 17.3 Å². The second-order valence-corrected chi connectivity index (χ2v) is 3.16. The first kappa shape index (κ1) is 9.41. The van der Waals surface area contributed by atoms with Crippen LogP contribution >= 0.6 is 12.2 Å². The molecule has 0 saturated carbocycles. The predicted molar refractivity (Wildman–Crippen MR) is 48.8 cm³/mol. The quantitative estimate of drug-likeness (QED) is 0.595. The maximum atomic E-state index is 11.3. The van der Waals surface area contributed by atoms with E-state index in [9.17, 15) is 4.79 Å². The second kappa shape index (κ2) is 4.37. The van der Waals surface area contributed by atoms with Gasteiger partial charge in [0.05, 0.1) is 24.6 Å². The molecule has 0 bridgehead atoms. The lowest BCUT2D eigenvalue weighted by molar-refractivity contribution is -0.133. The van der Waals surface area contributed by atoms with Crippen molar-refractivity contribution in [2.24, 2.45) is 5.73 Å². The van der Waals surface area contributed by atoms with E-state index in [0.29, 0.717) is 26.3 Å². The van der Waals surface area contributed by atoms with E-state index < -0.39 is 0 Å². The van der Waals surface area contributed by atoms with E-state index in [1.165, 1.54) is 0 Å². The summed E-state index contributed by atoms with van der Waals surface area (Å²) in [5.41, 5.74) is 5.25. The van der Waals surface area contributed by atoms with Crippen molar-refractivity contribution < 1.29 is 9.53 Å². The number of carbonyl (C=O) groups excluding carboxylic acids is 1. The molecule has 0 aliphatic carbocycles. The van der Waals surface area contributed by atoms with Crippen LogP contribution in [0.25, 0.3) is 0 Å². The Morgan fingerprint density at radius 2 is 2.08 bits per heavy atom. The molecule has 68 valence electrons. The largest absolute Gasteiger partial charge is 0.393 e. The Balaban J connectivity index is 2.34. The normalized spacial score (nSPS) is 17.5. The lowest BCUT2D eigenvalue weighted by Crippen LogP contribution is -2.41. The first-order chi connectivity index (χ1) is 5.70. The van der Waals surface area contributed by atoms with Gasteiger partial charge < -0.3 is 15.4 Å². The number of nitrogens with zero attached hydrogens (tertiary/aromatic N) is 1. The van der Waals surface area contributed by atoms with Gasteiger partial charge in [-0.25, -0.2) is 0 Å². The van der Waals surface area contributed by atoms with Gasteiger partial charge in [-0.05, 0) is 0 Å². The summed E-state index contributed by atoms with van der Waals surface area (Å²) >= 11 is 4.64. The minimum atomic E-state index is 0.00537. The average molecular weight is 188 g/mol. The smallest absolute Gasteiger partial charge is 0.229 e. The molecule has 0 aromatic heterocycles. The molecule has 1 aliphatic heterocycles. The summed E-state index contributed by atoms with van der Waals surface area (Å²) in [4.78, 5) is 13.3. The van der Waals surface area contributed by atoms with Crippen LogP contribution in [0, 0.1) is 0 Å². The van der Waals surface area contributed by atoms with E-state index in [1.807, 2.05) is 0 Å². The fourth-order valence-corrected chi connectivity index (χ4v) is 1.20. The highest BCUT2D eigenvalue weighted by molar-refractivity contribution is 7.80. The highest BCUT2D eigenvalue weighted by Gasteiger charge is 2.16. The van der Waals surface area contributed by atoms with Crippen molar-refractivity contribution in [2.45, 2.75) is 6.42 Å². The third kappa shape index (κ3) is 2.75. The summed E-state index contributed by atoms with van der Waals surface area (Å²) in [6, 6.07) is 0. The molecule has 1 fully saturated rings. The number of ether oxygens (including phenoxy) is 1. The number of hydrogen-bond acceptors (Lipinski definition) is 3. The molecular weight excluding hydrogens is 176 g/mol. The van der Waals surface area contributed by atoms with Crippen LogP contribution in [0.15, 0.2) is 0 Å². The van der Waals surface area contributed by atoms with Crippen molar-refractivity contribution in [3.63, 3.8) is 0 Å². The van der Waals surface area contributed by atoms with E-state index in [1.54, 1.807) is 4.90 Å². The molecule has 12 heavy (non-hydrogen) atoms. The molecule has 1 amide bonds. The van der Waals surface area contributed by atoms with Gasteiger partial charge in [0.1, 0.15) is 0 Å². The molecule has 0 radical (unpaired) electrons.